The first-order chi connectivity index (χ1) is 6.15. The minimum atomic E-state index is -0.727. The second-order valence-corrected chi connectivity index (χ2v) is 3.58. The van der Waals surface area contributed by atoms with Crippen molar-refractivity contribution in [3.05, 3.63) is 0 Å². The number of hydrogen-bond acceptors (Lipinski definition) is 3. The van der Waals surface area contributed by atoms with Crippen molar-refractivity contribution in [2.45, 2.75) is 32.0 Å². The lowest BCUT2D eigenvalue weighted by atomic mass is 9.82. The molecular formula is C9H16O4. The van der Waals surface area contributed by atoms with Gasteiger partial charge >= 0.3 is 5.97 Å². The van der Waals surface area contributed by atoms with E-state index in [-0.39, 0.29) is 11.8 Å². The predicted molar refractivity (Wildman–Crippen MR) is 46.1 cm³/mol. The van der Waals surface area contributed by atoms with Crippen molar-refractivity contribution in [3.63, 3.8) is 0 Å². The topological polar surface area (TPSA) is 66.8 Å². The molecule has 1 unspecified atom stereocenters. The summed E-state index contributed by atoms with van der Waals surface area (Å²) in [5.74, 6) is -0.828. The van der Waals surface area contributed by atoms with Gasteiger partial charge in [-0.05, 0) is 25.7 Å². The van der Waals surface area contributed by atoms with E-state index in [9.17, 15) is 9.90 Å². The van der Waals surface area contributed by atoms with E-state index in [4.69, 9.17) is 9.84 Å². The summed E-state index contributed by atoms with van der Waals surface area (Å²) in [7, 11) is 1.47. The molecule has 1 aliphatic carbocycles. The summed E-state index contributed by atoms with van der Waals surface area (Å²) in [4.78, 5) is 10.6. The Morgan fingerprint density at radius 3 is 2.31 bits per heavy atom. The smallest absolute Gasteiger partial charge is 0.306 e. The molecule has 2 N–H and O–H groups in total. The van der Waals surface area contributed by atoms with Gasteiger partial charge in [-0.2, -0.15) is 0 Å². The van der Waals surface area contributed by atoms with Crippen LogP contribution in [0.5, 0.6) is 0 Å². The van der Waals surface area contributed by atoms with Gasteiger partial charge in [-0.1, -0.05) is 0 Å². The molecule has 0 aliphatic heterocycles. The molecule has 0 bridgehead atoms. The molecule has 0 radical (unpaired) electrons. The average Bonchev–Trinajstić information content (AvgIpc) is 2.17. The van der Waals surface area contributed by atoms with E-state index in [0.29, 0.717) is 12.8 Å². The maximum atomic E-state index is 10.6. The van der Waals surface area contributed by atoms with E-state index in [0.717, 1.165) is 12.8 Å². The van der Waals surface area contributed by atoms with Gasteiger partial charge in [0.2, 0.25) is 0 Å². The van der Waals surface area contributed by atoms with Gasteiger partial charge in [0.15, 0.2) is 6.29 Å². The Kier molecular flexibility index (Phi) is 3.69. The number of rotatable bonds is 3. The Labute approximate surface area is 77.5 Å². The summed E-state index contributed by atoms with van der Waals surface area (Å²) in [5, 5.41) is 18.1. The fourth-order valence-electron chi connectivity index (χ4n) is 1.84. The minimum Gasteiger partial charge on any atom is -0.481 e. The van der Waals surface area contributed by atoms with Gasteiger partial charge in [-0.3, -0.25) is 4.79 Å². The summed E-state index contributed by atoms with van der Waals surface area (Å²) in [5.41, 5.74) is 0. The number of methoxy groups -OCH3 is 1. The van der Waals surface area contributed by atoms with Gasteiger partial charge in [-0.25, -0.2) is 0 Å². The highest BCUT2D eigenvalue weighted by Gasteiger charge is 2.29. The van der Waals surface area contributed by atoms with Crippen LogP contribution < -0.4 is 0 Å². The Morgan fingerprint density at radius 1 is 1.38 bits per heavy atom. The Balaban J connectivity index is 2.34. The zero-order valence-electron chi connectivity index (χ0n) is 7.77. The summed E-state index contributed by atoms with van der Waals surface area (Å²) in [6.45, 7) is 0. The van der Waals surface area contributed by atoms with E-state index < -0.39 is 12.3 Å². The van der Waals surface area contributed by atoms with Crippen LogP contribution in [0, 0.1) is 11.8 Å². The molecule has 1 fully saturated rings. The summed E-state index contributed by atoms with van der Waals surface area (Å²) in [6, 6.07) is 0. The highest BCUT2D eigenvalue weighted by molar-refractivity contribution is 5.69. The van der Waals surface area contributed by atoms with Crippen molar-refractivity contribution in [3.8, 4) is 0 Å². The molecule has 0 amide bonds. The highest BCUT2D eigenvalue weighted by atomic mass is 16.6. The van der Waals surface area contributed by atoms with Crippen molar-refractivity contribution in [1.29, 1.82) is 0 Å². The van der Waals surface area contributed by atoms with E-state index >= 15 is 0 Å². The van der Waals surface area contributed by atoms with E-state index in [1.165, 1.54) is 7.11 Å². The van der Waals surface area contributed by atoms with Gasteiger partial charge in [0.05, 0.1) is 5.92 Å². The standard InChI is InChI=1S/C9H16O4/c1-13-9(12)7-4-2-6(3-5-7)8(10)11/h6-7,9,12H,2-5H2,1H3,(H,10,11). The SMILES string of the molecule is COC(O)C1CCC(C(=O)O)CC1. The zero-order valence-corrected chi connectivity index (χ0v) is 7.77. The van der Waals surface area contributed by atoms with Crippen LogP contribution in [0.2, 0.25) is 0 Å². The Morgan fingerprint density at radius 2 is 1.92 bits per heavy atom. The molecule has 0 aromatic heterocycles. The quantitative estimate of drug-likeness (QED) is 0.644. The summed E-state index contributed by atoms with van der Waals surface area (Å²) >= 11 is 0. The van der Waals surface area contributed by atoms with Gasteiger partial charge in [0, 0.05) is 13.0 Å². The number of aliphatic hydroxyl groups excluding tert-OH is 1. The van der Waals surface area contributed by atoms with Crippen LogP contribution in [-0.4, -0.2) is 29.6 Å². The van der Waals surface area contributed by atoms with Crippen LogP contribution in [-0.2, 0) is 9.53 Å². The fraction of sp³-hybridized carbons (Fsp3) is 0.889. The minimum absolute atomic E-state index is 0.112. The second-order valence-electron chi connectivity index (χ2n) is 3.58. The maximum absolute atomic E-state index is 10.6. The number of carboxylic acids is 1. The Bertz CT molecular complexity index is 172. The van der Waals surface area contributed by atoms with Crippen molar-refractivity contribution >= 4 is 5.97 Å². The normalized spacial score (nSPS) is 31.2. The largest absolute Gasteiger partial charge is 0.481 e. The molecule has 0 saturated heterocycles. The number of carbonyl (C=O) groups is 1. The molecule has 0 heterocycles. The number of ether oxygens (including phenoxy) is 1. The average molecular weight is 188 g/mol. The third-order valence-corrected chi connectivity index (χ3v) is 2.77. The van der Waals surface area contributed by atoms with E-state index in [1.54, 1.807) is 0 Å². The van der Waals surface area contributed by atoms with Crippen LogP contribution in [0.15, 0.2) is 0 Å². The lowest BCUT2D eigenvalue weighted by Gasteiger charge is -2.28. The van der Waals surface area contributed by atoms with Crippen molar-refractivity contribution < 1.29 is 19.7 Å². The third-order valence-electron chi connectivity index (χ3n) is 2.77. The van der Waals surface area contributed by atoms with Gasteiger partial charge in [0.1, 0.15) is 0 Å². The molecule has 0 aromatic rings. The summed E-state index contributed by atoms with van der Waals surface area (Å²) < 4.78 is 4.79. The van der Waals surface area contributed by atoms with Crippen molar-refractivity contribution in [1.82, 2.24) is 0 Å². The molecule has 1 aliphatic rings. The van der Waals surface area contributed by atoms with Crippen LogP contribution >= 0.6 is 0 Å². The number of carboxylic acid groups (broad SMARTS) is 1. The van der Waals surface area contributed by atoms with Gasteiger partial charge < -0.3 is 14.9 Å². The third kappa shape index (κ3) is 2.67. The summed E-state index contributed by atoms with van der Waals surface area (Å²) in [6.07, 6.45) is 2.06. The first-order valence-corrected chi connectivity index (χ1v) is 4.58. The number of hydrogen-bond donors (Lipinski definition) is 2. The molecule has 0 aromatic carbocycles. The van der Waals surface area contributed by atoms with Crippen LogP contribution in [0.4, 0.5) is 0 Å². The second kappa shape index (κ2) is 4.58. The first-order valence-electron chi connectivity index (χ1n) is 4.58. The van der Waals surface area contributed by atoms with Gasteiger partial charge in [-0.15, -0.1) is 0 Å². The van der Waals surface area contributed by atoms with Crippen LogP contribution in [0.3, 0.4) is 0 Å². The maximum Gasteiger partial charge on any atom is 0.306 e. The van der Waals surface area contributed by atoms with Crippen molar-refractivity contribution in [2.24, 2.45) is 11.8 Å². The fourth-order valence-corrected chi connectivity index (χ4v) is 1.84. The predicted octanol–water partition coefficient (Wildman–Crippen LogP) is 0.842. The zero-order chi connectivity index (χ0) is 9.84. The molecule has 1 saturated carbocycles. The van der Waals surface area contributed by atoms with E-state index in [2.05, 4.69) is 0 Å². The molecule has 76 valence electrons. The molecule has 13 heavy (non-hydrogen) atoms. The van der Waals surface area contributed by atoms with Gasteiger partial charge in [0.25, 0.3) is 0 Å². The molecule has 0 spiro atoms. The lowest BCUT2D eigenvalue weighted by molar-refractivity contribution is -0.147. The number of aliphatic hydroxyl groups is 1. The van der Waals surface area contributed by atoms with E-state index in [1.807, 2.05) is 0 Å². The molecule has 4 heteroatoms. The molecule has 1 rings (SSSR count). The van der Waals surface area contributed by atoms with Crippen LogP contribution in [0.1, 0.15) is 25.7 Å². The first kappa shape index (κ1) is 10.5. The highest BCUT2D eigenvalue weighted by Crippen LogP contribution is 2.31. The Hall–Kier alpha value is -0.610. The molecule has 4 nitrogen and oxygen atoms in total. The van der Waals surface area contributed by atoms with Crippen molar-refractivity contribution in [2.75, 3.05) is 7.11 Å². The number of aliphatic carboxylic acids is 1. The molecule has 1 atom stereocenters. The molecular weight excluding hydrogens is 172 g/mol. The lowest BCUT2D eigenvalue weighted by Crippen LogP contribution is -2.29. The van der Waals surface area contributed by atoms with Crippen LogP contribution in [0.25, 0.3) is 0 Å². The monoisotopic (exact) mass is 188 g/mol.